The van der Waals surface area contributed by atoms with E-state index in [1.54, 1.807) is 0 Å². The van der Waals surface area contributed by atoms with Crippen LogP contribution in [-0.4, -0.2) is 24.6 Å². The Morgan fingerprint density at radius 1 is 1.26 bits per heavy atom. The molecule has 0 spiro atoms. The predicted octanol–water partition coefficient (Wildman–Crippen LogP) is 3.80. The predicted molar refractivity (Wildman–Crippen MR) is 91.4 cm³/mol. The third-order valence-corrected chi connectivity index (χ3v) is 5.05. The Kier molecular flexibility index (Phi) is 4.48. The standard InChI is InChI=1S/C18H18BrNO3/c1-10-15(18(22)23-2)16(11-6-8-12(19)9-7-11)17-13(20-10)4-3-5-14(17)21/h6-9,15-16H,3-5H2,1-2H3/t15?,16-/m0/s1. The third-order valence-electron chi connectivity index (χ3n) is 4.52. The topological polar surface area (TPSA) is 55.7 Å². The van der Waals surface area contributed by atoms with E-state index in [1.165, 1.54) is 7.11 Å². The van der Waals surface area contributed by atoms with Gasteiger partial charge in [-0.25, -0.2) is 0 Å². The van der Waals surface area contributed by atoms with E-state index in [4.69, 9.17) is 4.74 Å². The summed E-state index contributed by atoms with van der Waals surface area (Å²) in [6, 6.07) is 7.77. The Morgan fingerprint density at radius 3 is 2.61 bits per heavy atom. The Morgan fingerprint density at radius 2 is 1.96 bits per heavy atom. The van der Waals surface area contributed by atoms with Crippen molar-refractivity contribution < 1.29 is 14.3 Å². The Labute approximate surface area is 143 Å². The molecule has 2 aliphatic rings. The van der Waals surface area contributed by atoms with Crippen molar-refractivity contribution in [1.29, 1.82) is 0 Å². The van der Waals surface area contributed by atoms with E-state index in [9.17, 15) is 9.59 Å². The van der Waals surface area contributed by atoms with Gasteiger partial charge in [0.25, 0.3) is 0 Å². The number of aliphatic imine (C=N–C) groups is 1. The molecule has 120 valence electrons. The van der Waals surface area contributed by atoms with Crippen LogP contribution in [0.3, 0.4) is 0 Å². The summed E-state index contributed by atoms with van der Waals surface area (Å²) < 4.78 is 5.95. The molecule has 0 bridgehead atoms. The number of esters is 1. The molecule has 1 aromatic carbocycles. The van der Waals surface area contributed by atoms with Crippen LogP contribution in [-0.2, 0) is 14.3 Å². The minimum atomic E-state index is -0.540. The molecule has 0 fully saturated rings. The molecule has 0 amide bonds. The largest absolute Gasteiger partial charge is 0.468 e. The number of methoxy groups -OCH3 is 1. The monoisotopic (exact) mass is 375 g/mol. The summed E-state index contributed by atoms with van der Waals surface area (Å²) in [7, 11) is 1.38. The van der Waals surface area contributed by atoms with E-state index in [1.807, 2.05) is 31.2 Å². The van der Waals surface area contributed by atoms with E-state index in [0.717, 1.165) is 34.3 Å². The van der Waals surface area contributed by atoms with Crippen molar-refractivity contribution in [2.24, 2.45) is 10.9 Å². The summed E-state index contributed by atoms with van der Waals surface area (Å²) in [5.74, 6) is -1.09. The summed E-state index contributed by atoms with van der Waals surface area (Å²) in [5, 5.41) is 0. The fourth-order valence-corrected chi connectivity index (χ4v) is 3.73. The average molecular weight is 376 g/mol. The van der Waals surface area contributed by atoms with Gasteiger partial charge in [-0.15, -0.1) is 0 Å². The minimum Gasteiger partial charge on any atom is -0.468 e. The summed E-state index contributed by atoms with van der Waals surface area (Å²) in [5.41, 5.74) is 3.20. The molecule has 5 heteroatoms. The third kappa shape index (κ3) is 2.90. The summed E-state index contributed by atoms with van der Waals surface area (Å²) in [6.07, 6.45) is 2.14. The average Bonchev–Trinajstić information content (AvgIpc) is 2.54. The molecule has 0 aromatic heterocycles. The lowest BCUT2D eigenvalue weighted by Crippen LogP contribution is -2.36. The van der Waals surface area contributed by atoms with Gasteiger partial charge in [-0.3, -0.25) is 14.6 Å². The fraction of sp³-hybridized carbons (Fsp3) is 0.389. The lowest BCUT2D eigenvalue weighted by Gasteiger charge is -2.34. The zero-order chi connectivity index (χ0) is 16.6. The quantitative estimate of drug-likeness (QED) is 0.738. The first-order chi connectivity index (χ1) is 11.0. The van der Waals surface area contributed by atoms with E-state index in [0.29, 0.717) is 12.0 Å². The second kappa shape index (κ2) is 6.40. The highest BCUT2D eigenvalue weighted by Gasteiger charge is 2.42. The molecule has 2 atom stereocenters. The Bertz CT molecular complexity index is 718. The molecule has 3 rings (SSSR count). The fourth-order valence-electron chi connectivity index (χ4n) is 3.47. The minimum absolute atomic E-state index is 0.101. The van der Waals surface area contributed by atoms with Crippen LogP contribution >= 0.6 is 15.9 Å². The Hall–Kier alpha value is -1.75. The lowest BCUT2D eigenvalue weighted by molar-refractivity contribution is -0.143. The van der Waals surface area contributed by atoms with Gasteiger partial charge in [0.15, 0.2) is 5.78 Å². The number of benzene rings is 1. The molecular weight excluding hydrogens is 358 g/mol. The number of hydrogen-bond acceptors (Lipinski definition) is 4. The summed E-state index contributed by atoms with van der Waals surface area (Å²) in [4.78, 5) is 29.5. The van der Waals surface area contributed by atoms with Crippen LogP contribution in [0.25, 0.3) is 0 Å². The van der Waals surface area contributed by atoms with Crippen LogP contribution < -0.4 is 0 Å². The van der Waals surface area contributed by atoms with Crippen LogP contribution in [0.5, 0.6) is 0 Å². The lowest BCUT2D eigenvalue weighted by atomic mass is 9.72. The van der Waals surface area contributed by atoms with Crippen LogP contribution in [0.2, 0.25) is 0 Å². The van der Waals surface area contributed by atoms with Gasteiger partial charge in [0, 0.05) is 33.8 Å². The van der Waals surface area contributed by atoms with Gasteiger partial charge in [0.05, 0.1) is 7.11 Å². The van der Waals surface area contributed by atoms with Crippen molar-refractivity contribution in [3.63, 3.8) is 0 Å². The first-order valence-corrected chi connectivity index (χ1v) is 8.47. The molecule has 1 aliphatic carbocycles. The molecule has 4 nitrogen and oxygen atoms in total. The second-order valence-electron chi connectivity index (χ2n) is 5.92. The number of allylic oxidation sites excluding steroid dienone is 2. The van der Waals surface area contributed by atoms with Gasteiger partial charge in [-0.1, -0.05) is 28.1 Å². The molecule has 1 aromatic rings. The molecule has 0 radical (unpaired) electrons. The van der Waals surface area contributed by atoms with Crippen molar-refractivity contribution in [3.05, 3.63) is 45.6 Å². The number of hydrogen-bond donors (Lipinski definition) is 0. The summed E-state index contributed by atoms with van der Waals surface area (Å²) in [6.45, 7) is 1.84. The van der Waals surface area contributed by atoms with Crippen molar-refractivity contribution in [3.8, 4) is 0 Å². The molecule has 23 heavy (non-hydrogen) atoms. The van der Waals surface area contributed by atoms with Gasteiger partial charge in [0.1, 0.15) is 5.92 Å². The molecule has 1 aliphatic heterocycles. The maximum absolute atomic E-state index is 12.6. The highest BCUT2D eigenvalue weighted by molar-refractivity contribution is 9.10. The molecular formula is C18H18BrNO3. The van der Waals surface area contributed by atoms with E-state index in [-0.39, 0.29) is 17.7 Å². The second-order valence-corrected chi connectivity index (χ2v) is 6.84. The van der Waals surface area contributed by atoms with Gasteiger partial charge >= 0.3 is 5.97 Å². The van der Waals surface area contributed by atoms with Crippen LogP contribution in [0.15, 0.2) is 45.0 Å². The molecule has 0 saturated heterocycles. The zero-order valence-corrected chi connectivity index (χ0v) is 14.7. The van der Waals surface area contributed by atoms with E-state index < -0.39 is 5.92 Å². The van der Waals surface area contributed by atoms with E-state index >= 15 is 0 Å². The van der Waals surface area contributed by atoms with Gasteiger partial charge < -0.3 is 4.74 Å². The summed E-state index contributed by atoms with van der Waals surface area (Å²) >= 11 is 3.43. The van der Waals surface area contributed by atoms with Crippen molar-refractivity contribution in [1.82, 2.24) is 0 Å². The Balaban J connectivity index is 2.17. The molecule has 1 unspecified atom stereocenters. The normalized spacial score (nSPS) is 24.1. The highest BCUT2D eigenvalue weighted by atomic mass is 79.9. The maximum Gasteiger partial charge on any atom is 0.315 e. The van der Waals surface area contributed by atoms with Crippen molar-refractivity contribution in [2.45, 2.75) is 32.1 Å². The maximum atomic E-state index is 12.6. The SMILES string of the molecule is COC(=O)C1C(C)=NC2=C(C(=O)CCC2)[C@H]1c1ccc(Br)cc1. The van der Waals surface area contributed by atoms with Crippen LogP contribution in [0.1, 0.15) is 37.7 Å². The first-order valence-electron chi connectivity index (χ1n) is 7.67. The van der Waals surface area contributed by atoms with Gasteiger partial charge in [0.2, 0.25) is 0 Å². The number of rotatable bonds is 2. The van der Waals surface area contributed by atoms with Gasteiger partial charge in [-0.05, 0) is 37.5 Å². The van der Waals surface area contributed by atoms with Crippen LogP contribution in [0, 0.1) is 5.92 Å². The molecule has 1 heterocycles. The van der Waals surface area contributed by atoms with Crippen molar-refractivity contribution >= 4 is 33.4 Å². The van der Waals surface area contributed by atoms with Crippen molar-refractivity contribution in [2.75, 3.05) is 7.11 Å². The molecule has 0 saturated carbocycles. The number of ketones is 1. The van der Waals surface area contributed by atoms with Gasteiger partial charge in [-0.2, -0.15) is 0 Å². The highest BCUT2D eigenvalue weighted by Crippen LogP contribution is 2.43. The first kappa shape index (κ1) is 16.1. The number of carbonyl (C=O) groups is 2. The smallest absolute Gasteiger partial charge is 0.315 e. The number of ether oxygens (including phenoxy) is 1. The number of halogens is 1. The number of carbonyl (C=O) groups excluding carboxylic acids is 2. The molecule has 0 N–H and O–H groups in total. The number of Topliss-reactive ketones (excluding diaryl/α,β-unsaturated/α-hetero) is 1. The van der Waals surface area contributed by atoms with E-state index in [2.05, 4.69) is 20.9 Å². The zero-order valence-electron chi connectivity index (χ0n) is 13.1. The number of nitrogens with zero attached hydrogens (tertiary/aromatic N) is 1. The van der Waals surface area contributed by atoms with Crippen LogP contribution in [0.4, 0.5) is 0 Å².